The van der Waals surface area contributed by atoms with E-state index in [2.05, 4.69) is 20.2 Å². The van der Waals surface area contributed by atoms with Gasteiger partial charge in [-0.1, -0.05) is 0 Å². The molecule has 5 rings (SSSR count). The topological polar surface area (TPSA) is 102 Å². The Hall–Kier alpha value is -2.58. The van der Waals surface area contributed by atoms with Gasteiger partial charge in [0.05, 0.1) is 24.1 Å². The average molecular weight is 386 g/mol. The maximum absolute atomic E-state index is 13.0. The molecule has 4 amide bonds. The quantitative estimate of drug-likeness (QED) is 0.750. The smallest absolute Gasteiger partial charge is 0.317 e. The number of nitrogens with one attached hydrogen (secondary N) is 2. The number of hydrogen-bond donors (Lipinski definition) is 2. The van der Waals surface area contributed by atoms with Crippen LogP contribution in [0.4, 0.5) is 4.79 Å². The number of carbonyl (C=O) groups is 3. The van der Waals surface area contributed by atoms with Gasteiger partial charge in [0.2, 0.25) is 11.8 Å². The molecule has 0 aromatic carbocycles. The number of amides is 4. The van der Waals surface area contributed by atoms with Crippen molar-refractivity contribution >= 4 is 17.8 Å². The molecule has 4 aliphatic rings. The van der Waals surface area contributed by atoms with E-state index in [9.17, 15) is 14.4 Å². The lowest BCUT2D eigenvalue weighted by molar-refractivity contribution is -0.146. The second-order valence-corrected chi connectivity index (χ2v) is 8.48. The van der Waals surface area contributed by atoms with E-state index in [0.29, 0.717) is 39.0 Å². The summed E-state index contributed by atoms with van der Waals surface area (Å²) in [5, 5.41) is 2.75. The first-order valence-electron chi connectivity index (χ1n) is 10.1. The van der Waals surface area contributed by atoms with Crippen LogP contribution in [0.15, 0.2) is 6.33 Å². The Morgan fingerprint density at radius 1 is 1.18 bits per heavy atom. The van der Waals surface area contributed by atoms with Crippen LogP contribution >= 0.6 is 0 Å². The predicted octanol–water partition coefficient (Wildman–Crippen LogP) is 0.0457. The fourth-order valence-electron chi connectivity index (χ4n) is 4.98. The molecule has 1 aliphatic carbocycles. The molecule has 2 saturated heterocycles. The number of fused-ring (bicyclic) bond motifs is 2. The van der Waals surface area contributed by atoms with Crippen LogP contribution in [0.1, 0.15) is 37.1 Å². The van der Waals surface area contributed by atoms with Gasteiger partial charge in [-0.25, -0.2) is 9.78 Å². The Labute approximate surface area is 163 Å². The van der Waals surface area contributed by atoms with Gasteiger partial charge in [-0.15, -0.1) is 0 Å². The second kappa shape index (κ2) is 6.22. The standard InChI is InChI=1S/C19H26N6O3/c1-23-10-14(22-18(23)28)17(27)24-8-5-19(6-9-24)15-13(20-11-21-15)4-7-25(19)16(26)12-2-3-12/h11-12,14H,2-10H2,1H3,(H,20,21)(H,22,28)/t14-/m0/s1. The van der Waals surface area contributed by atoms with Gasteiger partial charge in [0.1, 0.15) is 6.04 Å². The van der Waals surface area contributed by atoms with E-state index in [1.54, 1.807) is 13.4 Å². The van der Waals surface area contributed by atoms with E-state index in [-0.39, 0.29) is 23.8 Å². The Bertz CT molecular complexity index is 823. The number of carbonyl (C=O) groups excluding carboxylic acids is 3. The van der Waals surface area contributed by atoms with Gasteiger partial charge in [0.25, 0.3) is 0 Å². The highest BCUT2D eigenvalue weighted by Gasteiger charge is 2.51. The van der Waals surface area contributed by atoms with E-state index in [4.69, 9.17) is 0 Å². The second-order valence-electron chi connectivity index (χ2n) is 8.48. The molecule has 0 bridgehead atoms. The highest BCUT2D eigenvalue weighted by atomic mass is 16.2. The number of imidazole rings is 1. The van der Waals surface area contributed by atoms with Crippen molar-refractivity contribution < 1.29 is 14.4 Å². The summed E-state index contributed by atoms with van der Waals surface area (Å²) < 4.78 is 0. The molecular weight excluding hydrogens is 360 g/mol. The third-order valence-electron chi connectivity index (χ3n) is 6.75. The summed E-state index contributed by atoms with van der Waals surface area (Å²) in [4.78, 5) is 50.8. The molecular formula is C19H26N6O3. The highest BCUT2D eigenvalue weighted by Crippen LogP contribution is 2.45. The fourth-order valence-corrected chi connectivity index (χ4v) is 4.98. The van der Waals surface area contributed by atoms with E-state index >= 15 is 0 Å². The first-order valence-corrected chi connectivity index (χ1v) is 10.1. The summed E-state index contributed by atoms with van der Waals surface area (Å²) in [6.45, 7) is 2.24. The minimum Gasteiger partial charge on any atom is -0.348 e. The number of piperidine rings is 1. The summed E-state index contributed by atoms with van der Waals surface area (Å²) >= 11 is 0. The first kappa shape index (κ1) is 17.5. The normalized spacial score (nSPS) is 26.4. The van der Waals surface area contributed by atoms with Crippen molar-refractivity contribution in [1.29, 1.82) is 0 Å². The average Bonchev–Trinajstić information content (AvgIpc) is 3.34. The van der Waals surface area contributed by atoms with Gasteiger partial charge in [0, 0.05) is 44.7 Å². The first-order chi connectivity index (χ1) is 13.5. The summed E-state index contributed by atoms with van der Waals surface area (Å²) in [6, 6.07) is -0.690. The Kier molecular flexibility index (Phi) is 3.89. The SMILES string of the molecule is CN1C[C@@H](C(=O)N2CCC3(CC2)c2nc[nH]c2CCN3C(=O)C2CC2)NC1=O. The van der Waals surface area contributed by atoms with Crippen LogP contribution in [0.2, 0.25) is 0 Å². The Balaban J connectivity index is 1.36. The molecule has 1 atom stereocenters. The van der Waals surface area contributed by atoms with Crippen LogP contribution in [0, 0.1) is 5.92 Å². The Morgan fingerprint density at radius 3 is 2.57 bits per heavy atom. The summed E-state index contributed by atoms with van der Waals surface area (Å²) in [5.74, 6) is 0.380. The number of aromatic amines is 1. The van der Waals surface area contributed by atoms with E-state index in [0.717, 1.165) is 30.7 Å². The van der Waals surface area contributed by atoms with Crippen LogP contribution in [-0.2, 0) is 21.5 Å². The lowest BCUT2D eigenvalue weighted by Crippen LogP contribution is -2.60. The third-order valence-corrected chi connectivity index (χ3v) is 6.75. The van der Waals surface area contributed by atoms with Gasteiger partial charge in [-0.2, -0.15) is 0 Å². The minimum absolute atomic E-state index is 0.0364. The molecule has 4 heterocycles. The molecule has 28 heavy (non-hydrogen) atoms. The van der Waals surface area contributed by atoms with Gasteiger partial charge in [-0.3, -0.25) is 9.59 Å². The van der Waals surface area contributed by atoms with Crippen molar-refractivity contribution in [3.8, 4) is 0 Å². The Morgan fingerprint density at radius 2 is 1.93 bits per heavy atom. The monoisotopic (exact) mass is 386 g/mol. The summed E-state index contributed by atoms with van der Waals surface area (Å²) in [6.07, 6.45) is 5.87. The third kappa shape index (κ3) is 2.59. The number of likely N-dealkylation sites (tertiary alicyclic amines) is 1. The van der Waals surface area contributed by atoms with Crippen molar-refractivity contribution in [3.63, 3.8) is 0 Å². The molecule has 1 spiro atoms. The van der Waals surface area contributed by atoms with Gasteiger partial charge >= 0.3 is 6.03 Å². The van der Waals surface area contributed by atoms with Crippen molar-refractivity contribution in [3.05, 3.63) is 17.7 Å². The van der Waals surface area contributed by atoms with Crippen LogP contribution in [0.3, 0.4) is 0 Å². The number of nitrogens with zero attached hydrogens (tertiary/aromatic N) is 4. The highest BCUT2D eigenvalue weighted by molar-refractivity contribution is 5.90. The van der Waals surface area contributed by atoms with Crippen LogP contribution in [-0.4, -0.2) is 81.8 Å². The van der Waals surface area contributed by atoms with Gasteiger partial charge in [-0.05, 0) is 25.7 Å². The van der Waals surface area contributed by atoms with E-state index in [1.165, 1.54) is 4.90 Å². The maximum atomic E-state index is 13.0. The largest absolute Gasteiger partial charge is 0.348 e. The van der Waals surface area contributed by atoms with Crippen molar-refractivity contribution in [2.24, 2.45) is 5.92 Å². The number of rotatable bonds is 2. The van der Waals surface area contributed by atoms with Gasteiger partial charge in [0.15, 0.2) is 0 Å². The molecule has 9 heteroatoms. The van der Waals surface area contributed by atoms with Crippen LogP contribution in [0.5, 0.6) is 0 Å². The molecule has 1 aromatic heterocycles. The number of aromatic nitrogens is 2. The predicted molar refractivity (Wildman–Crippen MR) is 99.2 cm³/mol. The lowest BCUT2D eigenvalue weighted by atomic mass is 9.78. The minimum atomic E-state index is -0.483. The molecule has 9 nitrogen and oxygen atoms in total. The lowest BCUT2D eigenvalue weighted by Gasteiger charge is -2.50. The zero-order valence-corrected chi connectivity index (χ0v) is 16.1. The zero-order valence-electron chi connectivity index (χ0n) is 16.1. The van der Waals surface area contributed by atoms with E-state index in [1.807, 2.05) is 4.90 Å². The summed E-state index contributed by atoms with van der Waals surface area (Å²) in [7, 11) is 1.69. The molecule has 2 N–H and O–H groups in total. The van der Waals surface area contributed by atoms with Crippen molar-refractivity contribution in [1.82, 2.24) is 30.0 Å². The van der Waals surface area contributed by atoms with E-state index < -0.39 is 11.6 Å². The van der Waals surface area contributed by atoms with Crippen molar-refractivity contribution in [2.45, 2.75) is 43.7 Å². The van der Waals surface area contributed by atoms with Crippen LogP contribution in [0.25, 0.3) is 0 Å². The molecule has 1 saturated carbocycles. The summed E-state index contributed by atoms with van der Waals surface area (Å²) in [5.41, 5.74) is 1.68. The molecule has 1 aromatic rings. The molecule has 0 radical (unpaired) electrons. The number of likely N-dealkylation sites (N-methyl/N-ethyl adjacent to an activating group) is 1. The number of hydrogen-bond acceptors (Lipinski definition) is 4. The molecule has 150 valence electrons. The van der Waals surface area contributed by atoms with Crippen LogP contribution < -0.4 is 5.32 Å². The fraction of sp³-hybridized carbons (Fsp3) is 0.684. The van der Waals surface area contributed by atoms with Crippen molar-refractivity contribution in [2.75, 3.05) is 33.2 Å². The molecule has 0 unspecified atom stereocenters. The number of H-pyrrole nitrogens is 1. The zero-order chi connectivity index (χ0) is 19.5. The molecule has 3 aliphatic heterocycles. The molecule has 3 fully saturated rings. The van der Waals surface area contributed by atoms with Gasteiger partial charge < -0.3 is 25.0 Å². The maximum Gasteiger partial charge on any atom is 0.317 e. The number of urea groups is 1.